The first kappa shape index (κ1) is 16.7. The highest BCUT2D eigenvalue weighted by atomic mass is 79.9. The van der Waals surface area contributed by atoms with E-state index in [0.717, 1.165) is 25.0 Å². The monoisotopic (exact) mass is 397 g/mol. The first-order valence-electron chi connectivity index (χ1n) is 6.47. The molecule has 0 bridgehead atoms. The Hall–Kier alpha value is -0.660. The first-order chi connectivity index (χ1) is 9.74. The molecule has 1 atom stereocenters. The summed E-state index contributed by atoms with van der Waals surface area (Å²) in [6, 6.07) is 1.94. The van der Waals surface area contributed by atoms with E-state index in [1.54, 1.807) is 4.90 Å². The van der Waals surface area contributed by atoms with Gasteiger partial charge in [-0.25, -0.2) is 12.8 Å². The highest BCUT2D eigenvalue weighted by Gasteiger charge is 2.29. The Labute approximate surface area is 135 Å². The van der Waals surface area contributed by atoms with Crippen LogP contribution in [0.25, 0.3) is 0 Å². The number of likely N-dealkylation sites (tertiary alicyclic amines) is 1. The van der Waals surface area contributed by atoms with Gasteiger partial charge >= 0.3 is 0 Å². The van der Waals surface area contributed by atoms with Gasteiger partial charge in [-0.15, -0.1) is 0 Å². The van der Waals surface area contributed by atoms with E-state index in [9.17, 15) is 17.6 Å². The number of rotatable bonds is 3. The Morgan fingerprint density at radius 1 is 1.52 bits per heavy atom. The number of carbonyl (C=O) groups excluding carboxylic acids is 1. The third-order valence-corrected chi connectivity index (χ3v) is 5.66. The zero-order valence-corrected chi connectivity index (χ0v) is 14.4. The molecule has 1 aliphatic heterocycles. The summed E-state index contributed by atoms with van der Waals surface area (Å²) in [6.07, 6.45) is 1.90. The Morgan fingerprint density at radius 2 is 2.19 bits per heavy atom. The molecule has 21 heavy (non-hydrogen) atoms. The van der Waals surface area contributed by atoms with E-state index in [1.165, 1.54) is 0 Å². The quantitative estimate of drug-likeness (QED) is 0.733. The van der Waals surface area contributed by atoms with Gasteiger partial charge in [0.05, 0.1) is 5.56 Å². The van der Waals surface area contributed by atoms with Gasteiger partial charge in [0.2, 0.25) is 0 Å². The molecular formula is C13H14BrClFNO3S. The number of halogens is 3. The molecule has 1 unspecified atom stereocenters. The van der Waals surface area contributed by atoms with Gasteiger partial charge in [0.25, 0.3) is 15.0 Å². The summed E-state index contributed by atoms with van der Waals surface area (Å²) in [5.41, 5.74) is 0.104. The zero-order chi connectivity index (χ0) is 15.8. The van der Waals surface area contributed by atoms with Crippen LogP contribution >= 0.6 is 26.6 Å². The Kier molecular flexibility index (Phi) is 4.95. The van der Waals surface area contributed by atoms with Crippen molar-refractivity contribution in [2.45, 2.75) is 24.7 Å². The zero-order valence-electron chi connectivity index (χ0n) is 11.3. The summed E-state index contributed by atoms with van der Waals surface area (Å²) in [4.78, 5) is 13.4. The molecule has 116 valence electrons. The fourth-order valence-corrected chi connectivity index (χ4v) is 3.79. The van der Waals surface area contributed by atoms with Crippen molar-refractivity contribution in [2.75, 3.05) is 13.1 Å². The van der Waals surface area contributed by atoms with Crippen LogP contribution in [0, 0.1) is 11.7 Å². The van der Waals surface area contributed by atoms with Crippen LogP contribution in [0.4, 0.5) is 4.39 Å². The van der Waals surface area contributed by atoms with Crippen molar-refractivity contribution in [2.24, 2.45) is 5.92 Å². The second-order valence-corrected chi connectivity index (χ2v) is 8.40. The fraction of sp³-hybridized carbons (Fsp3) is 0.462. The van der Waals surface area contributed by atoms with E-state index < -0.39 is 19.8 Å². The van der Waals surface area contributed by atoms with E-state index >= 15 is 0 Å². The predicted molar refractivity (Wildman–Crippen MR) is 81.4 cm³/mol. The number of amides is 1. The van der Waals surface area contributed by atoms with Crippen molar-refractivity contribution in [3.63, 3.8) is 0 Å². The molecular weight excluding hydrogens is 385 g/mol. The molecule has 2 rings (SSSR count). The van der Waals surface area contributed by atoms with E-state index in [-0.39, 0.29) is 15.9 Å². The van der Waals surface area contributed by atoms with Crippen LogP contribution in [-0.2, 0) is 9.05 Å². The lowest BCUT2D eigenvalue weighted by molar-refractivity contribution is 0.0785. The molecule has 0 radical (unpaired) electrons. The summed E-state index contributed by atoms with van der Waals surface area (Å²) < 4.78 is 36.6. The van der Waals surface area contributed by atoms with Gasteiger partial charge in [-0.05, 0) is 40.4 Å². The molecule has 1 saturated heterocycles. The minimum atomic E-state index is -4.24. The maximum atomic E-state index is 13.7. The van der Waals surface area contributed by atoms with Crippen molar-refractivity contribution in [3.05, 3.63) is 28.0 Å². The van der Waals surface area contributed by atoms with Gasteiger partial charge in [0.1, 0.15) is 10.7 Å². The topological polar surface area (TPSA) is 54.5 Å². The van der Waals surface area contributed by atoms with Crippen molar-refractivity contribution in [3.8, 4) is 0 Å². The third kappa shape index (κ3) is 3.57. The molecule has 4 nitrogen and oxygen atoms in total. The lowest BCUT2D eigenvalue weighted by atomic mass is 10.1. The minimum Gasteiger partial charge on any atom is -0.338 e. The largest absolute Gasteiger partial charge is 0.338 e. The molecule has 0 aromatic heterocycles. The number of carbonyl (C=O) groups is 1. The summed E-state index contributed by atoms with van der Waals surface area (Å²) in [5.74, 6) is -0.856. The molecule has 1 aromatic carbocycles. The maximum absolute atomic E-state index is 13.7. The van der Waals surface area contributed by atoms with Crippen molar-refractivity contribution in [1.29, 1.82) is 0 Å². The van der Waals surface area contributed by atoms with Gasteiger partial charge in [0.15, 0.2) is 0 Å². The van der Waals surface area contributed by atoms with Crippen LogP contribution in [0.3, 0.4) is 0 Å². The predicted octanol–water partition coefficient (Wildman–Crippen LogP) is 3.39. The minimum absolute atomic E-state index is 0.104. The van der Waals surface area contributed by atoms with Crippen LogP contribution in [-0.4, -0.2) is 32.3 Å². The number of nitrogens with zero attached hydrogens (tertiary/aromatic N) is 1. The number of hydrogen-bond acceptors (Lipinski definition) is 3. The molecule has 0 aliphatic carbocycles. The van der Waals surface area contributed by atoms with Crippen molar-refractivity contribution >= 4 is 41.6 Å². The molecule has 0 saturated carbocycles. The van der Waals surface area contributed by atoms with Crippen molar-refractivity contribution < 1.29 is 17.6 Å². The summed E-state index contributed by atoms with van der Waals surface area (Å²) >= 11 is 3.10. The average molecular weight is 399 g/mol. The second kappa shape index (κ2) is 6.22. The lowest BCUT2D eigenvalue weighted by Crippen LogP contribution is -2.29. The molecule has 0 spiro atoms. The van der Waals surface area contributed by atoms with Crippen LogP contribution in [0.15, 0.2) is 21.5 Å². The van der Waals surface area contributed by atoms with Crippen LogP contribution in [0.5, 0.6) is 0 Å². The van der Waals surface area contributed by atoms with Crippen molar-refractivity contribution in [1.82, 2.24) is 4.90 Å². The van der Waals surface area contributed by atoms with Gasteiger partial charge in [-0.2, -0.15) is 0 Å². The highest BCUT2D eigenvalue weighted by molar-refractivity contribution is 9.10. The smallest absolute Gasteiger partial charge is 0.264 e. The van der Waals surface area contributed by atoms with Crippen LogP contribution in [0.1, 0.15) is 30.1 Å². The van der Waals surface area contributed by atoms with E-state index in [1.807, 2.05) is 0 Å². The number of benzene rings is 1. The van der Waals surface area contributed by atoms with E-state index in [0.29, 0.717) is 19.0 Å². The highest BCUT2D eigenvalue weighted by Crippen LogP contribution is 2.29. The van der Waals surface area contributed by atoms with Gasteiger partial charge in [0, 0.05) is 28.2 Å². The fourth-order valence-electron chi connectivity index (χ4n) is 2.40. The standard InChI is InChI=1S/C13H14BrClFNO3S/c1-2-8-3-4-17(7-8)13(18)9-5-12(21(15,19)20)11(16)6-10(9)14/h5-6,8H,2-4,7H2,1H3. The third-order valence-electron chi connectivity index (χ3n) is 3.67. The van der Waals surface area contributed by atoms with Gasteiger partial charge < -0.3 is 4.90 Å². The number of hydrogen-bond donors (Lipinski definition) is 0. The summed E-state index contributed by atoms with van der Waals surface area (Å²) in [7, 11) is 0.951. The Bertz CT molecular complexity index is 680. The van der Waals surface area contributed by atoms with Gasteiger partial charge in [-0.3, -0.25) is 4.79 Å². The van der Waals surface area contributed by atoms with E-state index in [4.69, 9.17) is 10.7 Å². The average Bonchev–Trinajstić information content (AvgIpc) is 2.85. The second-order valence-electron chi connectivity index (χ2n) is 5.01. The van der Waals surface area contributed by atoms with E-state index in [2.05, 4.69) is 22.9 Å². The summed E-state index contributed by atoms with van der Waals surface area (Å²) in [5, 5.41) is 0. The molecule has 1 amide bonds. The first-order valence-corrected chi connectivity index (χ1v) is 9.57. The Morgan fingerprint density at radius 3 is 2.71 bits per heavy atom. The molecule has 1 heterocycles. The Balaban J connectivity index is 2.38. The SMILES string of the molecule is CCC1CCN(C(=O)c2cc(S(=O)(=O)Cl)c(F)cc2Br)C1. The lowest BCUT2D eigenvalue weighted by Gasteiger charge is -2.17. The van der Waals surface area contributed by atoms with Gasteiger partial charge in [-0.1, -0.05) is 13.3 Å². The molecule has 1 fully saturated rings. The van der Waals surface area contributed by atoms with Crippen LogP contribution in [0.2, 0.25) is 0 Å². The van der Waals surface area contributed by atoms with Crippen LogP contribution < -0.4 is 0 Å². The molecule has 1 aliphatic rings. The normalized spacial score (nSPS) is 19.0. The molecule has 1 aromatic rings. The summed E-state index contributed by atoms with van der Waals surface area (Å²) in [6.45, 7) is 3.30. The maximum Gasteiger partial charge on any atom is 0.264 e. The molecule has 0 N–H and O–H groups in total. The molecule has 8 heteroatoms.